The number of primary amides is 1. The molecule has 0 saturated heterocycles. The second kappa shape index (κ2) is 2.98. The van der Waals surface area contributed by atoms with Crippen LogP contribution in [0.1, 0.15) is 38.5 Å². The van der Waals surface area contributed by atoms with Crippen molar-refractivity contribution in [1.82, 2.24) is 0 Å². The molecule has 2 fully saturated rings. The van der Waals surface area contributed by atoms with Crippen molar-refractivity contribution in [1.29, 1.82) is 0 Å². The molecule has 0 bridgehead atoms. The molecule has 0 radical (unpaired) electrons. The molecule has 0 aromatic rings. The zero-order valence-electron chi connectivity index (χ0n) is 7.83. The number of rotatable bonds is 2. The van der Waals surface area contributed by atoms with Crippen LogP contribution in [0.15, 0.2) is 0 Å². The molecule has 13 heavy (non-hydrogen) atoms. The molecular formula is C10H17NO2. The van der Waals surface area contributed by atoms with Crippen LogP contribution in [-0.4, -0.2) is 16.6 Å². The highest BCUT2D eigenvalue weighted by Gasteiger charge is 2.44. The number of nitrogens with two attached hydrogens (primary N) is 1. The van der Waals surface area contributed by atoms with Gasteiger partial charge in [-0.1, -0.05) is 0 Å². The van der Waals surface area contributed by atoms with Gasteiger partial charge < -0.3 is 10.8 Å². The van der Waals surface area contributed by atoms with E-state index in [1.165, 1.54) is 19.3 Å². The van der Waals surface area contributed by atoms with Gasteiger partial charge in [0.1, 0.15) is 5.60 Å². The highest BCUT2D eigenvalue weighted by Crippen LogP contribution is 2.46. The van der Waals surface area contributed by atoms with E-state index in [0.29, 0.717) is 18.8 Å². The van der Waals surface area contributed by atoms with Crippen molar-refractivity contribution < 1.29 is 9.90 Å². The van der Waals surface area contributed by atoms with Crippen molar-refractivity contribution in [3.05, 3.63) is 0 Å². The fourth-order valence-electron chi connectivity index (χ4n) is 2.49. The van der Waals surface area contributed by atoms with Crippen LogP contribution in [0.2, 0.25) is 0 Å². The Morgan fingerprint density at radius 1 is 1.31 bits per heavy atom. The lowest BCUT2D eigenvalue weighted by Gasteiger charge is -2.34. The summed E-state index contributed by atoms with van der Waals surface area (Å²) in [5, 5.41) is 9.92. The van der Waals surface area contributed by atoms with Gasteiger partial charge in [-0.15, -0.1) is 0 Å². The molecule has 2 rings (SSSR count). The summed E-state index contributed by atoms with van der Waals surface area (Å²) in [4.78, 5) is 11.0. The molecule has 2 saturated carbocycles. The molecule has 3 nitrogen and oxygen atoms in total. The quantitative estimate of drug-likeness (QED) is 0.665. The van der Waals surface area contributed by atoms with Crippen LogP contribution in [0.5, 0.6) is 0 Å². The summed E-state index contributed by atoms with van der Waals surface area (Å²) in [7, 11) is 0. The molecular weight excluding hydrogens is 166 g/mol. The van der Waals surface area contributed by atoms with E-state index in [4.69, 9.17) is 5.73 Å². The number of aliphatic hydroxyl groups is 1. The summed E-state index contributed by atoms with van der Waals surface area (Å²) in [6.07, 6.45) is 5.83. The zero-order chi connectivity index (χ0) is 9.47. The Balaban J connectivity index is 2.01. The van der Waals surface area contributed by atoms with E-state index in [1.54, 1.807) is 0 Å². The van der Waals surface area contributed by atoms with Gasteiger partial charge in [0.25, 0.3) is 0 Å². The van der Waals surface area contributed by atoms with E-state index in [9.17, 15) is 9.90 Å². The maximum Gasteiger partial charge on any atom is 0.249 e. The van der Waals surface area contributed by atoms with Crippen molar-refractivity contribution in [3.8, 4) is 0 Å². The third-order valence-electron chi connectivity index (χ3n) is 3.51. The highest BCUT2D eigenvalue weighted by atomic mass is 16.3. The summed E-state index contributed by atoms with van der Waals surface area (Å²) < 4.78 is 0. The lowest BCUT2D eigenvalue weighted by Crippen LogP contribution is -2.47. The number of hydrogen-bond donors (Lipinski definition) is 2. The minimum atomic E-state index is -1.19. The number of carbonyl (C=O) groups excluding carboxylic acids is 1. The van der Waals surface area contributed by atoms with Gasteiger partial charge in [0, 0.05) is 0 Å². The Bertz CT molecular complexity index is 225. The van der Waals surface area contributed by atoms with Crippen molar-refractivity contribution >= 4 is 5.91 Å². The Morgan fingerprint density at radius 3 is 2.54 bits per heavy atom. The predicted molar refractivity (Wildman–Crippen MR) is 48.8 cm³/mol. The first-order valence-electron chi connectivity index (χ1n) is 5.14. The van der Waals surface area contributed by atoms with Gasteiger partial charge in [0.2, 0.25) is 5.91 Å². The van der Waals surface area contributed by atoms with Gasteiger partial charge in [0.15, 0.2) is 0 Å². The lowest BCUT2D eigenvalue weighted by molar-refractivity contribution is -0.141. The van der Waals surface area contributed by atoms with Crippen LogP contribution in [-0.2, 0) is 4.79 Å². The van der Waals surface area contributed by atoms with E-state index in [1.807, 2.05) is 0 Å². The van der Waals surface area contributed by atoms with Crippen LogP contribution in [0.25, 0.3) is 0 Å². The summed E-state index contributed by atoms with van der Waals surface area (Å²) in [6, 6.07) is 0. The molecule has 2 aliphatic carbocycles. The first-order valence-corrected chi connectivity index (χ1v) is 5.14. The summed E-state index contributed by atoms with van der Waals surface area (Å²) in [6.45, 7) is 0. The average Bonchev–Trinajstić information content (AvgIpc) is 2.86. The van der Waals surface area contributed by atoms with Crippen LogP contribution in [0.3, 0.4) is 0 Å². The molecule has 2 aliphatic rings. The molecule has 0 heterocycles. The Hall–Kier alpha value is -0.570. The number of carbonyl (C=O) groups is 1. The van der Waals surface area contributed by atoms with E-state index in [-0.39, 0.29) is 0 Å². The monoisotopic (exact) mass is 183 g/mol. The Morgan fingerprint density at radius 2 is 2.00 bits per heavy atom. The van der Waals surface area contributed by atoms with E-state index in [0.717, 1.165) is 12.3 Å². The summed E-state index contributed by atoms with van der Waals surface area (Å²) in [5.41, 5.74) is 4.01. The van der Waals surface area contributed by atoms with Gasteiger partial charge >= 0.3 is 0 Å². The van der Waals surface area contributed by atoms with Gasteiger partial charge in [-0.2, -0.15) is 0 Å². The van der Waals surface area contributed by atoms with Crippen molar-refractivity contribution in [2.75, 3.05) is 0 Å². The number of amides is 1. The molecule has 2 unspecified atom stereocenters. The normalized spacial score (nSPS) is 40.2. The van der Waals surface area contributed by atoms with Gasteiger partial charge in [-0.05, 0) is 50.4 Å². The number of hydrogen-bond acceptors (Lipinski definition) is 2. The maximum atomic E-state index is 11.0. The average molecular weight is 183 g/mol. The molecule has 2 atom stereocenters. The second-order valence-electron chi connectivity index (χ2n) is 4.59. The third kappa shape index (κ3) is 1.70. The van der Waals surface area contributed by atoms with Crippen molar-refractivity contribution in [2.24, 2.45) is 17.6 Å². The predicted octanol–water partition coefficient (Wildman–Crippen LogP) is 0.803. The molecule has 0 aromatic heterocycles. The largest absolute Gasteiger partial charge is 0.380 e. The fourth-order valence-corrected chi connectivity index (χ4v) is 2.49. The zero-order valence-corrected chi connectivity index (χ0v) is 7.83. The fraction of sp³-hybridized carbons (Fsp3) is 0.900. The van der Waals surface area contributed by atoms with Crippen LogP contribution >= 0.6 is 0 Å². The van der Waals surface area contributed by atoms with Gasteiger partial charge in [0.05, 0.1) is 0 Å². The summed E-state index contributed by atoms with van der Waals surface area (Å²) in [5.74, 6) is 0.787. The van der Waals surface area contributed by atoms with E-state index in [2.05, 4.69) is 0 Å². The molecule has 74 valence electrons. The third-order valence-corrected chi connectivity index (χ3v) is 3.51. The standard InChI is InChI=1S/C10H17NO2/c11-9(12)10(13)5-1-2-8(6-10)7-3-4-7/h7-8,13H,1-6H2,(H2,11,12). The summed E-state index contributed by atoms with van der Waals surface area (Å²) >= 11 is 0. The molecule has 0 aliphatic heterocycles. The first-order chi connectivity index (χ1) is 6.12. The Kier molecular flexibility index (Phi) is 2.06. The topological polar surface area (TPSA) is 63.3 Å². The van der Waals surface area contributed by atoms with Crippen molar-refractivity contribution in [2.45, 2.75) is 44.1 Å². The first kappa shape index (κ1) is 9.00. The SMILES string of the molecule is NC(=O)C1(O)CCCC(C2CC2)C1. The smallest absolute Gasteiger partial charge is 0.249 e. The molecule has 0 aromatic carbocycles. The van der Waals surface area contributed by atoms with Crippen LogP contribution in [0, 0.1) is 11.8 Å². The van der Waals surface area contributed by atoms with E-state index < -0.39 is 11.5 Å². The van der Waals surface area contributed by atoms with Crippen LogP contribution < -0.4 is 5.73 Å². The minimum Gasteiger partial charge on any atom is -0.380 e. The van der Waals surface area contributed by atoms with E-state index >= 15 is 0 Å². The molecule has 3 N–H and O–H groups in total. The molecule has 3 heteroatoms. The molecule has 1 amide bonds. The highest BCUT2D eigenvalue weighted by molar-refractivity contribution is 5.83. The van der Waals surface area contributed by atoms with Crippen LogP contribution in [0.4, 0.5) is 0 Å². The van der Waals surface area contributed by atoms with Gasteiger partial charge in [-0.3, -0.25) is 4.79 Å². The molecule has 0 spiro atoms. The second-order valence-corrected chi connectivity index (χ2v) is 4.59. The minimum absolute atomic E-state index is 0.530. The van der Waals surface area contributed by atoms with Crippen molar-refractivity contribution in [3.63, 3.8) is 0 Å². The Labute approximate surface area is 78.3 Å². The lowest BCUT2D eigenvalue weighted by atomic mass is 9.75. The van der Waals surface area contributed by atoms with Gasteiger partial charge in [-0.25, -0.2) is 0 Å². The maximum absolute atomic E-state index is 11.0.